The predicted octanol–water partition coefficient (Wildman–Crippen LogP) is 0.622. The standard InChI is InChI=1S/C10H16N4O.ClH/c1-6-7(2)12-13-9(6)10(15)14-4-3-8(11)5-14;/h8H,3-5,11H2,1-2H3,(H,12,13);1H/t8-;/m1./s1. The summed E-state index contributed by atoms with van der Waals surface area (Å²) < 4.78 is 0. The van der Waals surface area contributed by atoms with Crippen molar-refractivity contribution in [3.05, 3.63) is 17.0 Å². The van der Waals surface area contributed by atoms with E-state index in [1.807, 2.05) is 13.8 Å². The van der Waals surface area contributed by atoms with Crippen LogP contribution in [0.15, 0.2) is 0 Å². The van der Waals surface area contributed by atoms with Crippen LogP contribution >= 0.6 is 12.4 Å². The quantitative estimate of drug-likeness (QED) is 0.761. The third-order valence-corrected chi connectivity index (χ3v) is 2.97. The zero-order valence-electron chi connectivity index (χ0n) is 9.49. The number of nitrogens with two attached hydrogens (primary N) is 1. The van der Waals surface area contributed by atoms with E-state index in [4.69, 9.17) is 5.73 Å². The Kier molecular flexibility index (Phi) is 3.93. The molecule has 1 saturated heterocycles. The molecule has 1 aliphatic heterocycles. The summed E-state index contributed by atoms with van der Waals surface area (Å²) >= 11 is 0. The molecule has 0 radical (unpaired) electrons. The third-order valence-electron chi connectivity index (χ3n) is 2.97. The number of carbonyl (C=O) groups excluding carboxylic acids is 1. The molecule has 6 heteroatoms. The number of hydrogen-bond acceptors (Lipinski definition) is 3. The SMILES string of the molecule is Cc1[nH]nc(C(=O)N2CC[C@@H](N)C2)c1C.Cl. The molecule has 0 spiro atoms. The summed E-state index contributed by atoms with van der Waals surface area (Å²) in [6, 6.07) is 0.120. The van der Waals surface area contributed by atoms with Crippen LogP contribution in [0, 0.1) is 13.8 Å². The van der Waals surface area contributed by atoms with E-state index < -0.39 is 0 Å². The van der Waals surface area contributed by atoms with E-state index in [1.165, 1.54) is 0 Å². The molecule has 1 aromatic rings. The first-order chi connectivity index (χ1) is 7.09. The molecule has 5 nitrogen and oxygen atoms in total. The highest BCUT2D eigenvalue weighted by Gasteiger charge is 2.27. The average molecular weight is 245 g/mol. The van der Waals surface area contributed by atoms with Crippen molar-refractivity contribution in [1.29, 1.82) is 0 Å². The summed E-state index contributed by atoms with van der Waals surface area (Å²) in [5, 5.41) is 6.85. The number of carbonyl (C=O) groups is 1. The van der Waals surface area contributed by atoms with Gasteiger partial charge in [0.1, 0.15) is 0 Å². The van der Waals surface area contributed by atoms with Gasteiger partial charge in [0, 0.05) is 30.4 Å². The fourth-order valence-corrected chi connectivity index (χ4v) is 1.81. The van der Waals surface area contributed by atoms with Gasteiger partial charge in [-0.1, -0.05) is 0 Å². The van der Waals surface area contributed by atoms with Gasteiger partial charge < -0.3 is 10.6 Å². The Morgan fingerprint density at radius 1 is 1.56 bits per heavy atom. The first-order valence-electron chi connectivity index (χ1n) is 5.16. The summed E-state index contributed by atoms with van der Waals surface area (Å²) in [6.07, 6.45) is 0.883. The number of likely N-dealkylation sites (tertiary alicyclic amines) is 1. The summed E-state index contributed by atoms with van der Waals surface area (Å²) in [5.41, 5.74) is 8.17. The number of halogens is 1. The maximum Gasteiger partial charge on any atom is 0.274 e. The van der Waals surface area contributed by atoms with Crippen LogP contribution in [0.2, 0.25) is 0 Å². The smallest absolute Gasteiger partial charge is 0.274 e. The lowest BCUT2D eigenvalue weighted by molar-refractivity contribution is 0.0784. The van der Waals surface area contributed by atoms with Crippen molar-refractivity contribution in [3.8, 4) is 0 Å². The number of aryl methyl sites for hydroxylation is 1. The number of amides is 1. The van der Waals surface area contributed by atoms with Gasteiger partial charge in [0.15, 0.2) is 5.69 Å². The summed E-state index contributed by atoms with van der Waals surface area (Å²) in [5.74, 6) is -0.00944. The minimum absolute atomic E-state index is 0. The predicted molar refractivity (Wildman–Crippen MR) is 63.8 cm³/mol. The van der Waals surface area contributed by atoms with Gasteiger partial charge in [-0.3, -0.25) is 9.89 Å². The molecule has 1 amide bonds. The largest absolute Gasteiger partial charge is 0.336 e. The van der Waals surface area contributed by atoms with Gasteiger partial charge in [0.2, 0.25) is 0 Å². The van der Waals surface area contributed by atoms with Crippen LogP contribution in [0.25, 0.3) is 0 Å². The lowest BCUT2D eigenvalue weighted by Crippen LogP contribution is -2.32. The Labute approximate surface area is 101 Å². The Morgan fingerprint density at radius 3 is 2.69 bits per heavy atom. The van der Waals surface area contributed by atoms with E-state index in [0.29, 0.717) is 12.2 Å². The van der Waals surface area contributed by atoms with Crippen molar-refractivity contribution in [2.75, 3.05) is 13.1 Å². The van der Waals surface area contributed by atoms with E-state index in [1.54, 1.807) is 4.90 Å². The maximum atomic E-state index is 12.0. The molecule has 0 bridgehead atoms. The highest BCUT2D eigenvalue weighted by Crippen LogP contribution is 2.15. The number of H-pyrrole nitrogens is 1. The zero-order chi connectivity index (χ0) is 11.0. The Balaban J connectivity index is 0.00000128. The molecule has 0 unspecified atom stereocenters. The first kappa shape index (κ1) is 13.0. The molecule has 1 aromatic heterocycles. The van der Waals surface area contributed by atoms with Crippen molar-refractivity contribution in [1.82, 2.24) is 15.1 Å². The number of nitrogens with one attached hydrogen (secondary N) is 1. The molecular formula is C10H17ClN4O. The van der Waals surface area contributed by atoms with E-state index >= 15 is 0 Å². The Hall–Kier alpha value is -1.07. The number of aromatic nitrogens is 2. The average Bonchev–Trinajstić information content (AvgIpc) is 2.75. The van der Waals surface area contributed by atoms with Gasteiger partial charge in [-0.2, -0.15) is 5.10 Å². The minimum Gasteiger partial charge on any atom is -0.336 e. The van der Waals surface area contributed by atoms with Gasteiger partial charge >= 0.3 is 0 Å². The van der Waals surface area contributed by atoms with Gasteiger partial charge in [-0.05, 0) is 20.3 Å². The first-order valence-corrected chi connectivity index (χ1v) is 5.16. The van der Waals surface area contributed by atoms with Gasteiger partial charge in [0.05, 0.1) is 0 Å². The lowest BCUT2D eigenvalue weighted by atomic mass is 10.2. The van der Waals surface area contributed by atoms with Crippen LogP contribution in [0.5, 0.6) is 0 Å². The van der Waals surface area contributed by atoms with E-state index in [2.05, 4.69) is 10.2 Å². The van der Waals surface area contributed by atoms with Crippen LogP contribution < -0.4 is 5.73 Å². The van der Waals surface area contributed by atoms with Crippen LogP contribution in [-0.4, -0.2) is 40.1 Å². The van der Waals surface area contributed by atoms with Crippen molar-refractivity contribution < 1.29 is 4.79 Å². The third kappa shape index (κ3) is 2.20. The molecule has 0 aromatic carbocycles. The topological polar surface area (TPSA) is 75.0 Å². The number of nitrogens with zero attached hydrogens (tertiary/aromatic N) is 2. The van der Waals surface area contributed by atoms with Crippen LogP contribution in [-0.2, 0) is 0 Å². The lowest BCUT2D eigenvalue weighted by Gasteiger charge is -2.14. The number of hydrogen-bond donors (Lipinski definition) is 2. The molecule has 1 aliphatic rings. The number of rotatable bonds is 1. The summed E-state index contributed by atoms with van der Waals surface area (Å²) in [4.78, 5) is 13.8. The molecule has 3 N–H and O–H groups in total. The fraction of sp³-hybridized carbons (Fsp3) is 0.600. The Bertz CT molecular complexity index is 390. The fourth-order valence-electron chi connectivity index (χ4n) is 1.81. The molecule has 0 aliphatic carbocycles. The van der Waals surface area contributed by atoms with Crippen LogP contribution in [0.3, 0.4) is 0 Å². The molecule has 1 atom stereocenters. The summed E-state index contributed by atoms with van der Waals surface area (Å²) in [7, 11) is 0. The van der Waals surface area contributed by atoms with Crippen molar-refractivity contribution >= 4 is 18.3 Å². The van der Waals surface area contributed by atoms with Gasteiger partial charge in [-0.15, -0.1) is 12.4 Å². The molecule has 90 valence electrons. The normalized spacial score (nSPS) is 19.7. The molecule has 2 rings (SSSR count). The molecule has 2 heterocycles. The zero-order valence-corrected chi connectivity index (χ0v) is 10.3. The van der Waals surface area contributed by atoms with Gasteiger partial charge in [-0.25, -0.2) is 0 Å². The second-order valence-corrected chi connectivity index (χ2v) is 4.12. The monoisotopic (exact) mass is 244 g/mol. The van der Waals surface area contributed by atoms with E-state index in [9.17, 15) is 4.79 Å². The minimum atomic E-state index is -0.00944. The maximum absolute atomic E-state index is 12.0. The number of aromatic amines is 1. The van der Waals surface area contributed by atoms with Crippen LogP contribution in [0.1, 0.15) is 28.2 Å². The summed E-state index contributed by atoms with van der Waals surface area (Å²) in [6.45, 7) is 5.20. The van der Waals surface area contributed by atoms with E-state index in [0.717, 1.165) is 24.2 Å². The molecular weight excluding hydrogens is 228 g/mol. The van der Waals surface area contributed by atoms with Crippen LogP contribution in [0.4, 0.5) is 0 Å². The van der Waals surface area contributed by atoms with Crippen molar-refractivity contribution in [2.45, 2.75) is 26.3 Å². The van der Waals surface area contributed by atoms with Gasteiger partial charge in [0.25, 0.3) is 5.91 Å². The second kappa shape index (κ2) is 4.84. The van der Waals surface area contributed by atoms with Crippen molar-refractivity contribution in [2.24, 2.45) is 5.73 Å². The van der Waals surface area contributed by atoms with E-state index in [-0.39, 0.29) is 24.4 Å². The molecule has 1 fully saturated rings. The molecule has 0 saturated carbocycles. The molecule has 16 heavy (non-hydrogen) atoms. The highest BCUT2D eigenvalue weighted by atomic mass is 35.5. The Morgan fingerprint density at radius 2 is 2.25 bits per heavy atom. The highest BCUT2D eigenvalue weighted by molar-refractivity contribution is 5.94. The van der Waals surface area contributed by atoms with Crippen molar-refractivity contribution in [3.63, 3.8) is 0 Å². The second-order valence-electron chi connectivity index (χ2n) is 4.12.